The third-order valence-corrected chi connectivity index (χ3v) is 4.02. The van der Waals surface area contributed by atoms with Crippen molar-refractivity contribution in [2.75, 3.05) is 11.9 Å². The molecule has 1 aromatic heterocycles. The predicted octanol–water partition coefficient (Wildman–Crippen LogP) is 5.19. The van der Waals surface area contributed by atoms with Crippen LogP contribution in [0.1, 0.15) is 26.5 Å². The van der Waals surface area contributed by atoms with Gasteiger partial charge in [0.05, 0.1) is 10.2 Å². The molecule has 0 saturated heterocycles. The minimum atomic E-state index is 0.526. The summed E-state index contributed by atoms with van der Waals surface area (Å²) in [5, 5.41) is 3.97. The van der Waals surface area contributed by atoms with Gasteiger partial charge < -0.3 is 5.32 Å². The van der Waals surface area contributed by atoms with Gasteiger partial charge in [0.25, 0.3) is 0 Å². The molecular formula is C16H19BrClN3. The van der Waals surface area contributed by atoms with E-state index in [0.717, 1.165) is 34.5 Å². The van der Waals surface area contributed by atoms with E-state index in [1.165, 1.54) is 0 Å². The Bertz CT molecular complexity index is 629. The smallest absolute Gasteiger partial charge is 0.161 e. The van der Waals surface area contributed by atoms with E-state index in [0.29, 0.717) is 16.8 Å². The van der Waals surface area contributed by atoms with Gasteiger partial charge in [0.1, 0.15) is 5.82 Å². The van der Waals surface area contributed by atoms with E-state index in [1.54, 1.807) is 0 Å². The second kappa shape index (κ2) is 7.23. The van der Waals surface area contributed by atoms with Crippen LogP contribution < -0.4 is 5.32 Å². The van der Waals surface area contributed by atoms with E-state index in [4.69, 9.17) is 16.6 Å². The number of nitrogens with zero attached hydrogens (tertiary/aromatic N) is 2. The van der Waals surface area contributed by atoms with Crippen LogP contribution in [0.2, 0.25) is 5.02 Å². The number of hydrogen-bond donors (Lipinski definition) is 1. The van der Waals surface area contributed by atoms with Gasteiger partial charge >= 0.3 is 0 Å². The monoisotopic (exact) mass is 367 g/mol. The molecule has 5 heteroatoms. The van der Waals surface area contributed by atoms with Crippen LogP contribution >= 0.6 is 27.5 Å². The van der Waals surface area contributed by atoms with Crippen molar-refractivity contribution in [1.82, 2.24) is 9.97 Å². The third kappa shape index (κ3) is 4.17. The van der Waals surface area contributed by atoms with Gasteiger partial charge in [-0.1, -0.05) is 37.6 Å². The van der Waals surface area contributed by atoms with Crippen LogP contribution in [-0.4, -0.2) is 16.5 Å². The Morgan fingerprint density at radius 2 is 2.05 bits per heavy atom. The van der Waals surface area contributed by atoms with E-state index < -0.39 is 0 Å². The maximum Gasteiger partial charge on any atom is 0.161 e. The summed E-state index contributed by atoms with van der Waals surface area (Å²) in [5.41, 5.74) is 1.95. The molecule has 1 heterocycles. The van der Waals surface area contributed by atoms with Gasteiger partial charge in [0, 0.05) is 17.1 Å². The SMILES string of the molecule is CCNc1nc(-c2cccc(Cl)c2)nc(CC(C)C)c1Br. The fourth-order valence-corrected chi connectivity index (χ4v) is 2.73. The average molecular weight is 369 g/mol. The summed E-state index contributed by atoms with van der Waals surface area (Å²) in [6.07, 6.45) is 0.898. The van der Waals surface area contributed by atoms with Crippen LogP contribution in [0.15, 0.2) is 28.7 Å². The summed E-state index contributed by atoms with van der Waals surface area (Å²) in [6.45, 7) is 7.22. The molecule has 1 N–H and O–H groups in total. The number of aromatic nitrogens is 2. The predicted molar refractivity (Wildman–Crippen MR) is 92.9 cm³/mol. The molecular weight excluding hydrogens is 350 g/mol. The molecule has 0 radical (unpaired) electrons. The number of anilines is 1. The molecule has 0 aliphatic heterocycles. The van der Waals surface area contributed by atoms with Crippen molar-refractivity contribution >= 4 is 33.3 Å². The molecule has 2 rings (SSSR count). The Labute approximate surface area is 139 Å². The van der Waals surface area contributed by atoms with Crippen molar-refractivity contribution in [2.24, 2.45) is 5.92 Å². The molecule has 1 aromatic carbocycles. The van der Waals surface area contributed by atoms with Crippen LogP contribution in [0.3, 0.4) is 0 Å². The molecule has 0 unspecified atom stereocenters. The lowest BCUT2D eigenvalue weighted by molar-refractivity contribution is 0.632. The van der Waals surface area contributed by atoms with E-state index in [-0.39, 0.29) is 0 Å². The lowest BCUT2D eigenvalue weighted by Crippen LogP contribution is -2.08. The van der Waals surface area contributed by atoms with Gasteiger partial charge in [-0.05, 0) is 47.3 Å². The zero-order valence-corrected chi connectivity index (χ0v) is 14.8. The van der Waals surface area contributed by atoms with Gasteiger partial charge in [-0.3, -0.25) is 0 Å². The lowest BCUT2D eigenvalue weighted by Gasteiger charge is -2.13. The first-order valence-electron chi connectivity index (χ1n) is 7.07. The van der Waals surface area contributed by atoms with Crippen LogP contribution in [0.25, 0.3) is 11.4 Å². The minimum Gasteiger partial charge on any atom is -0.369 e. The summed E-state index contributed by atoms with van der Waals surface area (Å²) in [6, 6.07) is 7.63. The Morgan fingerprint density at radius 1 is 1.29 bits per heavy atom. The zero-order chi connectivity index (χ0) is 15.4. The summed E-state index contributed by atoms with van der Waals surface area (Å²) < 4.78 is 0.948. The Balaban J connectivity index is 2.52. The van der Waals surface area contributed by atoms with Gasteiger partial charge in [0.2, 0.25) is 0 Å². The van der Waals surface area contributed by atoms with Crippen molar-refractivity contribution in [2.45, 2.75) is 27.2 Å². The number of hydrogen-bond acceptors (Lipinski definition) is 3. The van der Waals surface area contributed by atoms with Crippen LogP contribution in [0.5, 0.6) is 0 Å². The van der Waals surface area contributed by atoms with Crippen molar-refractivity contribution in [1.29, 1.82) is 0 Å². The average Bonchev–Trinajstić information content (AvgIpc) is 2.42. The number of benzene rings is 1. The molecule has 0 aliphatic rings. The summed E-state index contributed by atoms with van der Waals surface area (Å²) >= 11 is 9.69. The molecule has 0 spiro atoms. The minimum absolute atomic E-state index is 0.526. The second-order valence-electron chi connectivity index (χ2n) is 5.30. The highest BCUT2D eigenvalue weighted by Gasteiger charge is 2.14. The largest absolute Gasteiger partial charge is 0.369 e. The van der Waals surface area contributed by atoms with E-state index >= 15 is 0 Å². The van der Waals surface area contributed by atoms with Gasteiger partial charge in [-0.15, -0.1) is 0 Å². The maximum absolute atomic E-state index is 6.07. The normalized spacial score (nSPS) is 11.0. The highest BCUT2D eigenvalue weighted by atomic mass is 79.9. The van der Waals surface area contributed by atoms with Gasteiger partial charge in [-0.25, -0.2) is 9.97 Å². The third-order valence-electron chi connectivity index (χ3n) is 2.95. The summed E-state index contributed by atoms with van der Waals surface area (Å²) in [5.74, 6) is 2.06. The summed E-state index contributed by atoms with van der Waals surface area (Å²) in [7, 11) is 0. The Hall–Kier alpha value is -1.13. The molecule has 0 bridgehead atoms. The van der Waals surface area contributed by atoms with Crippen molar-refractivity contribution in [3.8, 4) is 11.4 Å². The second-order valence-corrected chi connectivity index (χ2v) is 6.52. The molecule has 0 aliphatic carbocycles. The number of rotatable bonds is 5. The highest BCUT2D eigenvalue weighted by Crippen LogP contribution is 2.29. The fourth-order valence-electron chi connectivity index (χ4n) is 2.06. The molecule has 3 nitrogen and oxygen atoms in total. The topological polar surface area (TPSA) is 37.8 Å². The first-order chi connectivity index (χ1) is 10.0. The fraction of sp³-hybridized carbons (Fsp3) is 0.375. The number of halogens is 2. The highest BCUT2D eigenvalue weighted by molar-refractivity contribution is 9.10. The molecule has 112 valence electrons. The van der Waals surface area contributed by atoms with E-state index in [9.17, 15) is 0 Å². The zero-order valence-electron chi connectivity index (χ0n) is 12.5. The quantitative estimate of drug-likeness (QED) is 0.789. The van der Waals surface area contributed by atoms with Gasteiger partial charge in [-0.2, -0.15) is 0 Å². The lowest BCUT2D eigenvalue weighted by atomic mass is 10.1. The Morgan fingerprint density at radius 3 is 2.67 bits per heavy atom. The molecule has 21 heavy (non-hydrogen) atoms. The number of nitrogens with one attached hydrogen (secondary N) is 1. The molecule has 0 atom stereocenters. The molecule has 2 aromatic rings. The van der Waals surface area contributed by atoms with Crippen molar-refractivity contribution in [3.05, 3.63) is 39.5 Å². The van der Waals surface area contributed by atoms with Crippen molar-refractivity contribution < 1.29 is 0 Å². The first kappa shape index (κ1) is 16.2. The maximum atomic E-state index is 6.07. The van der Waals surface area contributed by atoms with Crippen LogP contribution in [-0.2, 0) is 6.42 Å². The molecule has 0 fully saturated rings. The van der Waals surface area contributed by atoms with Crippen LogP contribution in [0, 0.1) is 5.92 Å². The Kier molecular flexibility index (Phi) is 5.59. The first-order valence-corrected chi connectivity index (χ1v) is 8.24. The van der Waals surface area contributed by atoms with Gasteiger partial charge in [0.15, 0.2) is 5.82 Å². The van der Waals surface area contributed by atoms with Crippen molar-refractivity contribution in [3.63, 3.8) is 0 Å². The standard InChI is InChI=1S/C16H19BrClN3/c1-4-19-16-14(17)13(8-10(2)3)20-15(21-16)11-6-5-7-12(18)9-11/h5-7,9-10H,4,8H2,1-3H3,(H,19,20,21). The summed E-state index contributed by atoms with van der Waals surface area (Å²) in [4.78, 5) is 9.32. The van der Waals surface area contributed by atoms with Crippen LogP contribution in [0.4, 0.5) is 5.82 Å². The molecule has 0 saturated carbocycles. The van der Waals surface area contributed by atoms with E-state index in [1.807, 2.05) is 24.3 Å². The van der Waals surface area contributed by atoms with E-state index in [2.05, 4.69) is 47.0 Å². The molecule has 0 amide bonds.